The van der Waals surface area contributed by atoms with Crippen molar-refractivity contribution in [2.24, 2.45) is 0 Å². The molecule has 0 saturated heterocycles. The van der Waals surface area contributed by atoms with Crippen molar-refractivity contribution in [3.8, 4) is 11.8 Å². The number of fused-ring (bicyclic) bond motifs is 1. The van der Waals surface area contributed by atoms with Crippen molar-refractivity contribution < 1.29 is 9.47 Å². The Labute approximate surface area is 167 Å². The number of anilines is 1. The number of aromatic nitrogens is 1. The van der Waals surface area contributed by atoms with E-state index in [9.17, 15) is 4.79 Å². The fourth-order valence-corrected chi connectivity index (χ4v) is 2.94. The van der Waals surface area contributed by atoms with E-state index in [0.717, 1.165) is 11.1 Å². The number of nitriles is 1. The van der Waals surface area contributed by atoms with Gasteiger partial charge in [-0.15, -0.1) is 0 Å². The first-order chi connectivity index (χ1) is 13.6. The Hall–Kier alpha value is -3.01. The van der Waals surface area contributed by atoms with Crippen molar-refractivity contribution >= 4 is 28.2 Å². The molecule has 1 heterocycles. The van der Waals surface area contributed by atoms with Crippen LogP contribution in [0.4, 0.5) is 5.69 Å². The third-order valence-electron chi connectivity index (χ3n) is 4.16. The minimum absolute atomic E-state index is 0.184. The molecule has 0 spiro atoms. The number of rotatable bonds is 8. The number of H-pyrrole nitrogens is 1. The van der Waals surface area contributed by atoms with Gasteiger partial charge in [0.25, 0.3) is 5.56 Å². The average molecular weight is 398 g/mol. The molecule has 0 fully saturated rings. The maximum atomic E-state index is 12.4. The van der Waals surface area contributed by atoms with Crippen molar-refractivity contribution in [3.05, 3.63) is 69.0 Å². The zero-order chi connectivity index (χ0) is 19.9. The topological polar surface area (TPSA) is 87.1 Å². The lowest BCUT2D eigenvalue weighted by Crippen LogP contribution is -2.15. The standard InChI is InChI=1S/C21H20ClN3O3/c1-2-27-7-8-28-20-11-19-15(10-18(20)22)9-16(21(26)25-19)13-24-17-5-3-14(12-23)4-6-17/h3-6,9-11,24H,2,7-8,13H2,1H3,(H,25,26). The Kier molecular flexibility index (Phi) is 6.53. The molecule has 0 aliphatic carbocycles. The molecular weight excluding hydrogens is 378 g/mol. The van der Waals surface area contributed by atoms with Crippen LogP contribution in [0.25, 0.3) is 10.9 Å². The van der Waals surface area contributed by atoms with Gasteiger partial charge < -0.3 is 19.8 Å². The predicted molar refractivity (Wildman–Crippen MR) is 110 cm³/mol. The molecule has 0 saturated carbocycles. The number of hydrogen-bond acceptors (Lipinski definition) is 5. The van der Waals surface area contributed by atoms with Crippen molar-refractivity contribution in [1.82, 2.24) is 4.98 Å². The summed E-state index contributed by atoms with van der Waals surface area (Å²) in [6.45, 7) is 3.75. The van der Waals surface area contributed by atoms with E-state index in [0.29, 0.717) is 53.8 Å². The van der Waals surface area contributed by atoms with Gasteiger partial charge in [-0.05, 0) is 43.3 Å². The van der Waals surface area contributed by atoms with Gasteiger partial charge in [0.2, 0.25) is 0 Å². The number of nitrogens with zero attached hydrogens (tertiary/aromatic N) is 1. The monoisotopic (exact) mass is 397 g/mol. The second-order valence-corrected chi connectivity index (χ2v) is 6.49. The molecule has 1 aromatic heterocycles. The summed E-state index contributed by atoms with van der Waals surface area (Å²) in [5.74, 6) is 0.507. The number of ether oxygens (including phenoxy) is 2. The van der Waals surface area contributed by atoms with Crippen molar-refractivity contribution in [2.45, 2.75) is 13.5 Å². The van der Waals surface area contributed by atoms with Gasteiger partial charge >= 0.3 is 0 Å². The van der Waals surface area contributed by atoms with E-state index in [2.05, 4.69) is 16.4 Å². The van der Waals surface area contributed by atoms with Crippen LogP contribution < -0.4 is 15.6 Å². The maximum absolute atomic E-state index is 12.4. The number of nitrogens with one attached hydrogen (secondary N) is 2. The number of halogens is 1. The van der Waals surface area contributed by atoms with Crippen molar-refractivity contribution in [2.75, 3.05) is 25.1 Å². The number of benzene rings is 2. The van der Waals surface area contributed by atoms with Crippen LogP contribution >= 0.6 is 11.6 Å². The molecule has 0 unspecified atom stereocenters. The maximum Gasteiger partial charge on any atom is 0.253 e. The highest BCUT2D eigenvalue weighted by molar-refractivity contribution is 6.32. The van der Waals surface area contributed by atoms with E-state index in [1.807, 2.05) is 6.92 Å². The van der Waals surface area contributed by atoms with Crippen LogP contribution in [0.1, 0.15) is 18.1 Å². The van der Waals surface area contributed by atoms with E-state index >= 15 is 0 Å². The Bertz CT molecular complexity index is 1060. The fourth-order valence-electron chi connectivity index (χ4n) is 2.71. The number of pyridine rings is 1. The molecule has 0 aliphatic rings. The lowest BCUT2D eigenvalue weighted by atomic mass is 10.1. The molecule has 28 heavy (non-hydrogen) atoms. The Balaban J connectivity index is 1.76. The Morgan fingerprint density at radius 1 is 1.18 bits per heavy atom. The summed E-state index contributed by atoms with van der Waals surface area (Å²) in [5, 5.41) is 13.3. The summed E-state index contributed by atoms with van der Waals surface area (Å²) in [6, 6.07) is 14.4. The van der Waals surface area contributed by atoms with Gasteiger partial charge in [0.15, 0.2) is 0 Å². The van der Waals surface area contributed by atoms with E-state index in [4.69, 9.17) is 26.3 Å². The van der Waals surface area contributed by atoms with E-state index in [1.165, 1.54) is 0 Å². The zero-order valence-corrected chi connectivity index (χ0v) is 16.2. The van der Waals surface area contributed by atoms with Gasteiger partial charge in [0.1, 0.15) is 12.4 Å². The molecule has 144 valence electrons. The SMILES string of the molecule is CCOCCOc1cc2[nH]c(=O)c(CNc3ccc(C#N)cc3)cc2cc1Cl. The molecule has 0 bridgehead atoms. The van der Waals surface area contributed by atoms with Crippen LogP contribution in [0.5, 0.6) is 5.75 Å². The number of hydrogen-bond donors (Lipinski definition) is 2. The minimum Gasteiger partial charge on any atom is -0.490 e. The zero-order valence-electron chi connectivity index (χ0n) is 15.4. The second-order valence-electron chi connectivity index (χ2n) is 6.08. The third kappa shape index (κ3) is 4.83. The molecule has 2 N–H and O–H groups in total. The molecule has 2 aromatic carbocycles. The summed E-state index contributed by atoms with van der Waals surface area (Å²) in [4.78, 5) is 15.3. The van der Waals surface area contributed by atoms with E-state index in [-0.39, 0.29) is 5.56 Å². The van der Waals surface area contributed by atoms with Crippen LogP contribution in [0, 0.1) is 11.3 Å². The first-order valence-corrected chi connectivity index (χ1v) is 9.28. The predicted octanol–water partition coefficient (Wildman–Crippen LogP) is 4.08. The van der Waals surface area contributed by atoms with E-state index in [1.54, 1.807) is 42.5 Å². The first-order valence-electron chi connectivity index (χ1n) is 8.90. The Morgan fingerprint density at radius 3 is 2.68 bits per heavy atom. The molecular formula is C21H20ClN3O3. The van der Waals surface area contributed by atoms with Crippen molar-refractivity contribution in [1.29, 1.82) is 5.26 Å². The largest absolute Gasteiger partial charge is 0.490 e. The lowest BCUT2D eigenvalue weighted by Gasteiger charge is -2.11. The van der Waals surface area contributed by atoms with Crippen LogP contribution in [0.15, 0.2) is 47.3 Å². The average Bonchev–Trinajstić information content (AvgIpc) is 2.71. The quantitative estimate of drug-likeness (QED) is 0.559. The van der Waals surface area contributed by atoms with E-state index < -0.39 is 0 Å². The Morgan fingerprint density at radius 2 is 1.96 bits per heavy atom. The lowest BCUT2D eigenvalue weighted by molar-refractivity contribution is 0.110. The third-order valence-corrected chi connectivity index (χ3v) is 4.46. The first kappa shape index (κ1) is 19.7. The minimum atomic E-state index is -0.184. The molecule has 7 heteroatoms. The smallest absolute Gasteiger partial charge is 0.253 e. The van der Waals surface area contributed by atoms with Gasteiger partial charge in [0.05, 0.1) is 28.8 Å². The molecule has 0 radical (unpaired) electrons. The van der Waals surface area contributed by atoms with Crippen LogP contribution in [-0.2, 0) is 11.3 Å². The number of aromatic amines is 1. The van der Waals surface area contributed by atoms with Crippen molar-refractivity contribution in [3.63, 3.8) is 0 Å². The molecule has 0 atom stereocenters. The highest BCUT2D eigenvalue weighted by atomic mass is 35.5. The van der Waals surface area contributed by atoms with Gasteiger partial charge in [-0.3, -0.25) is 4.79 Å². The summed E-state index contributed by atoms with van der Waals surface area (Å²) in [6.07, 6.45) is 0. The normalized spacial score (nSPS) is 10.6. The van der Waals surface area contributed by atoms with Crippen LogP contribution in [0.3, 0.4) is 0 Å². The molecule has 6 nitrogen and oxygen atoms in total. The van der Waals surface area contributed by atoms with Gasteiger partial charge in [-0.1, -0.05) is 11.6 Å². The molecule has 0 amide bonds. The van der Waals surface area contributed by atoms with Gasteiger partial charge in [0, 0.05) is 35.9 Å². The summed E-state index contributed by atoms with van der Waals surface area (Å²) < 4.78 is 10.9. The summed E-state index contributed by atoms with van der Waals surface area (Å²) in [7, 11) is 0. The molecule has 0 aliphatic heterocycles. The highest BCUT2D eigenvalue weighted by Gasteiger charge is 2.09. The van der Waals surface area contributed by atoms with Gasteiger partial charge in [-0.25, -0.2) is 0 Å². The molecule has 3 rings (SSSR count). The highest BCUT2D eigenvalue weighted by Crippen LogP contribution is 2.29. The summed E-state index contributed by atoms with van der Waals surface area (Å²) >= 11 is 6.31. The molecule has 3 aromatic rings. The second kappa shape index (κ2) is 9.27. The fraction of sp³-hybridized carbons (Fsp3) is 0.238. The van der Waals surface area contributed by atoms with Gasteiger partial charge in [-0.2, -0.15) is 5.26 Å². The van der Waals surface area contributed by atoms with Crippen LogP contribution in [0.2, 0.25) is 5.02 Å². The van der Waals surface area contributed by atoms with Crippen LogP contribution in [-0.4, -0.2) is 24.8 Å². The summed E-state index contributed by atoms with van der Waals surface area (Å²) in [5.41, 5.74) is 2.47.